The first kappa shape index (κ1) is 18.3. The molecule has 0 radical (unpaired) electrons. The molecule has 1 fully saturated rings. The van der Waals surface area contributed by atoms with E-state index < -0.39 is 23.8 Å². The summed E-state index contributed by atoms with van der Waals surface area (Å²) < 4.78 is 43.7. The second-order valence-electron chi connectivity index (χ2n) is 6.98. The maximum absolute atomic E-state index is 14.3. The average molecular weight is 385 g/mol. The van der Waals surface area contributed by atoms with Gasteiger partial charge in [-0.15, -0.1) is 0 Å². The van der Waals surface area contributed by atoms with Crippen LogP contribution in [0.1, 0.15) is 17.5 Å². The van der Waals surface area contributed by atoms with E-state index in [9.17, 15) is 13.2 Å². The molecular weight excluding hydrogens is 367 g/mol. The van der Waals surface area contributed by atoms with Gasteiger partial charge in [0.05, 0.1) is 29.7 Å². The minimum Gasteiger partial charge on any atom is -0.340 e. The molecule has 0 aliphatic carbocycles. The molecule has 0 bridgehead atoms. The monoisotopic (exact) mass is 385 g/mol. The maximum Gasteiger partial charge on any atom is 0.207 e. The van der Waals surface area contributed by atoms with E-state index >= 15 is 0 Å². The highest BCUT2D eigenvalue weighted by molar-refractivity contribution is 5.80. The molecule has 0 unspecified atom stereocenters. The number of nitriles is 1. The number of aromatic nitrogens is 2. The Balaban J connectivity index is 1.80. The largest absolute Gasteiger partial charge is 0.340 e. The lowest BCUT2D eigenvalue weighted by molar-refractivity contribution is 0.243. The van der Waals surface area contributed by atoms with Crippen LogP contribution in [-0.2, 0) is 6.54 Å². The van der Waals surface area contributed by atoms with Crippen LogP contribution in [0.2, 0.25) is 0 Å². The highest BCUT2D eigenvalue weighted by Crippen LogP contribution is 2.29. The Bertz CT molecular complexity index is 1050. The number of alkyl halides is 1. The van der Waals surface area contributed by atoms with Gasteiger partial charge in [-0.1, -0.05) is 12.1 Å². The summed E-state index contributed by atoms with van der Waals surface area (Å²) >= 11 is 0. The number of imidazole rings is 1. The van der Waals surface area contributed by atoms with Crippen LogP contribution < -0.4 is 10.6 Å². The number of nitrogens with zero attached hydrogens (tertiary/aromatic N) is 4. The van der Waals surface area contributed by atoms with Gasteiger partial charge in [-0.25, -0.2) is 18.2 Å². The molecular formula is C20H18F3N5. The summed E-state index contributed by atoms with van der Waals surface area (Å²) in [5, 5.41) is 8.95. The second kappa shape index (κ2) is 7.17. The number of hydrogen-bond donors (Lipinski definition) is 1. The van der Waals surface area contributed by atoms with Crippen molar-refractivity contribution >= 4 is 17.0 Å². The van der Waals surface area contributed by atoms with E-state index in [1.807, 2.05) is 4.90 Å². The highest BCUT2D eigenvalue weighted by Gasteiger charge is 2.29. The Morgan fingerprint density at radius 1 is 1.21 bits per heavy atom. The Kier molecular flexibility index (Phi) is 4.69. The number of fused-ring (bicyclic) bond motifs is 1. The van der Waals surface area contributed by atoms with Gasteiger partial charge in [-0.3, -0.25) is 0 Å². The lowest BCUT2D eigenvalue weighted by atomic mass is 10.1. The fraction of sp³-hybridized carbons (Fsp3) is 0.300. The number of piperidine rings is 1. The minimum atomic E-state index is -1.10. The number of anilines is 1. The zero-order valence-electron chi connectivity index (χ0n) is 14.9. The molecule has 1 aliphatic rings. The first-order valence-electron chi connectivity index (χ1n) is 8.95. The topological polar surface area (TPSA) is 70.9 Å². The number of benzene rings is 2. The second-order valence-corrected chi connectivity index (χ2v) is 6.98. The zero-order chi connectivity index (χ0) is 19.8. The molecule has 0 amide bonds. The minimum absolute atomic E-state index is 0.0565. The maximum atomic E-state index is 14.3. The van der Waals surface area contributed by atoms with Crippen LogP contribution in [-0.4, -0.2) is 34.9 Å². The lowest BCUT2D eigenvalue weighted by Gasteiger charge is -2.34. The van der Waals surface area contributed by atoms with Crippen molar-refractivity contribution in [2.75, 3.05) is 18.0 Å². The predicted octanol–water partition coefficient (Wildman–Crippen LogP) is 3.11. The molecule has 0 spiro atoms. The SMILES string of the molecule is N#Cc1ccc(Cn2c(N3CC[C@@H](F)[C@H](N)C3)nc3c(F)cc(F)cc32)cc1. The zero-order valence-corrected chi connectivity index (χ0v) is 14.9. The van der Waals surface area contributed by atoms with Crippen LogP contribution in [0.4, 0.5) is 19.1 Å². The third kappa shape index (κ3) is 3.29. The molecule has 5 nitrogen and oxygen atoms in total. The van der Waals surface area contributed by atoms with Crippen molar-refractivity contribution in [2.24, 2.45) is 5.73 Å². The van der Waals surface area contributed by atoms with Crippen LogP contribution in [0.15, 0.2) is 36.4 Å². The molecule has 1 aromatic heterocycles. The van der Waals surface area contributed by atoms with Gasteiger partial charge < -0.3 is 15.2 Å². The summed E-state index contributed by atoms with van der Waals surface area (Å²) in [5.74, 6) is -1.03. The number of rotatable bonds is 3. The van der Waals surface area contributed by atoms with E-state index in [1.165, 1.54) is 6.07 Å². The molecule has 0 saturated carbocycles. The van der Waals surface area contributed by atoms with Gasteiger partial charge in [0, 0.05) is 25.2 Å². The fourth-order valence-electron chi connectivity index (χ4n) is 3.54. The molecule has 2 N–H and O–H groups in total. The van der Waals surface area contributed by atoms with Crippen molar-refractivity contribution in [3.8, 4) is 6.07 Å². The highest BCUT2D eigenvalue weighted by atomic mass is 19.1. The Morgan fingerprint density at radius 3 is 2.64 bits per heavy atom. The molecule has 1 saturated heterocycles. The molecule has 28 heavy (non-hydrogen) atoms. The molecule has 8 heteroatoms. The predicted molar refractivity (Wildman–Crippen MR) is 99.6 cm³/mol. The molecule has 144 valence electrons. The van der Waals surface area contributed by atoms with Gasteiger partial charge in [-0.2, -0.15) is 5.26 Å². The Labute approximate surface area is 159 Å². The van der Waals surface area contributed by atoms with Crippen molar-refractivity contribution in [1.29, 1.82) is 5.26 Å². The van der Waals surface area contributed by atoms with Gasteiger partial charge in [0.15, 0.2) is 5.82 Å². The van der Waals surface area contributed by atoms with E-state index in [0.29, 0.717) is 30.1 Å². The summed E-state index contributed by atoms with van der Waals surface area (Å²) in [5.41, 5.74) is 7.60. The van der Waals surface area contributed by atoms with E-state index in [-0.39, 0.29) is 18.5 Å². The lowest BCUT2D eigenvalue weighted by Crippen LogP contribution is -2.50. The van der Waals surface area contributed by atoms with Crippen LogP contribution in [0.5, 0.6) is 0 Å². The van der Waals surface area contributed by atoms with E-state index in [0.717, 1.165) is 11.6 Å². The van der Waals surface area contributed by atoms with Crippen molar-refractivity contribution in [1.82, 2.24) is 9.55 Å². The van der Waals surface area contributed by atoms with Crippen LogP contribution in [0.25, 0.3) is 11.0 Å². The van der Waals surface area contributed by atoms with Crippen molar-refractivity contribution in [2.45, 2.75) is 25.2 Å². The van der Waals surface area contributed by atoms with Gasteiger partial charge in [0.2, 0.25) is 5.95 Å². The van der Waals surface area contributed by atoms with Gasteiger partial charge in [0.25, 0.3) is 0 Å². The summed E-state index contributed by atoms with van der Waals surface area (Å²) in [4.78, 5) is 6.19. The smallest absolute Gasteiger partial charge is 0.207 e. The quantitative estimate of drug-likeness (QED) is 0.752. The summed E-state index contributed by atoms with van der Waals surface area (Å²) in [6.07, 6.45) is -0.847. The third-order valence-electron chi connectivity index (χ3n) is 5.03. The normalized spacial score (nSPS) is 19.8. The summed E-state index contributed by atoms with van der Waals surface area (Å²) in [7, 11) is 0. The number of nitrogens with two attached hydrogens (primary N) is 1. The molecule has 3 aromatic rings. The van der Waals surface area contributed by atoms with Gasteiger partial charge in [-0.05, 0) is 24.1 Å². The first-order valence-corrected chi connectivity index (χ1v) is 8.95. The fourth-order valence-corrected chi connectivity index (χ4v) is 3.54. The molecule has 2 heterocycles. The van der Waals surface area contributed by atoms with Gasteiger partial charge in [0.1, 0.15) is 17.5 Å². The van der Waals surface area contributed by atoms with Crippen LogP contribution >= 0.6 is 0 Å². The average Bonchev–Trinajstić information content (AvgIpc) is 3.03. The van der Waals surface area contributed by atoms with Crippen molar-refractivity contribution in [3.63, 3.8) is 0 Å². The molecule has 2 atom stereocenters. The number of hydrogen-bond acceptors (Lipinski definition) is 4. The number of halogens is 3. The van der Waals surface area contributed by atoms with E-state index in [1.54, 1.807) is 28.8 Å². The van der Waals surface area contributed by atoms with Gasteiger partial charge >= 0.3 is 0 Å². The van der Waals surface area contributed by atoms with Crippen molar-refractivity contribution in [3.05, 3.63) is 59.2 Å². The van der Waals surface area contributed by atoms with E-state index in [2.05, 4.69) is 11.1 Å². The Hall–Kier alpha value is -3.05. The third-order valence-corrected chi connectivity index (χ3v) is 5.03. The summed E-state index contributed by atoms with van der Waals surface area (Å²) in [6, 6.07) is 10.3. The van der Waals surface area contributed by atoms with Crippen LogP contribution in [0, 0.1) is 23.0 Å². The van der Waals surface area contributed by atoms with E-state index in [4.69, 9.17) is 11.0 Å². The summed E-state index contributed by atoms with van der Waals surface area (Å²) in [6.45, 7) is 0.919. The standard InChI is InChI=1S/C20H18F3N5/c21-14-7-16(23)19-18(8-14)28(10-13-3-1-12(9-24)2-4-13)20(26-19)27-6-5-15(22)17(25)11-27/h1-4,7-8,15,17H,5-6,10-11,25H2/t15-,17-/m1/s1. The molecule has 2 aromatic carbocycles. The Morgan fingerprint density at radius 2 is 1.96 bits per heavy atom. The molecule has 1 aliphatic heterocycles. The molecule has 4 rings (SSSR count). The van der Waals surface area contributed by atoms with Crippen LogP contribution in [0.3, 0.4) is 0 Å². The first-order chi connectivity index (χ1) is 13.5. The van der Waals surface area contributed by atoms with Crippen molar-refractivity contribution < 1.29 is 13.2 Å².